The molecule has 4 bridgehead atoms. The number of hydrogen-bond acceptors (Lipinski definition) is 5. The zero-order valence-electron chi connectivity index (χ0n) is 17.8. The van der Waals surface area contributed by atoms with Crippen LogP contribution in [0.4, 0.5) is 0 Å². The van der Waals surface area contributed by atoms with E-state index < -0.39 is 0 Å². The van der Waals surface area contributed by atoms with Gasteiger partial charge in [-0.2, -0.15) is 5.10 Å². The van der Waals surface area contributed by atoms with Gasteiger partial charge in [0.15, 0.2) is 6.61 Å². The maximum absolute atomic E-state index is 12.6. The van der Waals surface area contributed by atoms with Gasteiger partial charge in [-0.05, 0) is 87.5 Å². The molecule has 7 nitrogen and oxygen atoms in total. The van der Waals surface area contributed by atoms with Gasteiger partial charge in [-0.1, -0.05) is 0 Å². The van der Waals surface area contributed by atoms with Crippen LogP contribution in [0.2, 0.25) is 0 Å². The van der Waals surface area contributed by atoms with Gasteiger partial charge in [0.25, 0.3) is 5.91 Å². The molecule has 4 saturated carbocycles. The third kappa shape index (κ3) is 4.94. The van der Waals surface area contributed by atoms with Crippen molar-refractivity contribution < 1.29 is 19.1 Å². The van der Waals surface area contributed by atoms with Crippen LogP contribution >= 0.6 is 0 Å². The number of nitrogens with zero attached hydrogens (tertiary/aromatic N) is 1. The Balaban J connectivity index is 1.21. The number of methoxy groups -OCH3 is 1. The third-order valence-electron chi connectivity index (χ3n) is 6.66. The first-order chi connectivity index (χ1) is 14.4. The van der Waals surface area contributed by atoms with Gasteiger partial charge in [0.1, 0.15) is 11.5 Å². The third-order valence-corrected chi connectivity index (χ3v) is 6.66. The Morgan fingerprint density at radius 3 is 2.13 bits per heavy atom. The van der Waals surface area contributed by atoms with Crippen LogP contribution in [-0.4, -0.2) is 36.8 Å². The number of benzene rings is 1. The lowest BCUT2D eigenvalue weighted by atomic mass is 9.53. The smallest absolute Gasteiger partial charge is 0.277 e. The Kier molecular flexibility index (Phi) is 5.97. The van der Waals surface area contributed by atoms with E-state index in [0.29, 0.717) is 11.5 Å². The van der Waals surface area contributed by atoms with Crippen LogP contribution in [0.15, 0.2) is 29.4 Å². The van der Waals surface area contributed by atoms with E-state index >= 15 is 0 Å². The van der Waals surface area contributed by atoms with Crippen molar-refractivity contribution in [3.05, 3.63) is 24.3 Å². The molecule has 162 valence electrons. The fourth-order valence-corrected chi connectivity index (χ4v) is 5.89. The fourth-order valence-electron chi connectivity index (χ4n) is 5.89. The fraction of sp³-hybridized carbons (Fsp3) is 0.609. The van der Waals surface area contributed by atoms with Crippen molar-refractivity contribution >= 4 is 17.5 Å². The highest BCUT2D eigenvalue weighted by Crippen LogP contribution is 2.55. The first kappa shape index (κ1) is 20.7. The Morgan fingerprint density at radius 2 is 1.57 bits per heavy atom. The maximum atomic E-state index is 12.6. The van der Waals surface area contributed by atoms with Gasteiger partial charge in [0, 0.05) is 11.3 Å². The van der Waals surface area contributed by atoms with Gasteiger partial charge in [0.2, 0.25) is 5.91 Å². The van der Waals surface area contributed by atoms with Crippen molar-refractivity contribution in [2.75, 3.05) is 13.7 Å². The number of ether oxygens (including phenoxy) is 2. The number of amides is 2. The molecule has 2 amide bonds. The van der Waals surface area contributed by atoms with E-state index in [1.165, 1.54) is 19.3 Å². The van der Waals surface area contributed by atoms with E-state index in [4.69, 9.17) is 9.47 Å². The van der Waals surface area contributed by atoms with Crippen molar-refractivity contribution in [2.24, 2.45) is 22.9 Å². The summed E-state index contributed by atoms with van der Waals surface area (Å²) in [6.07, 6.45) is 7.61. The molecule has 0 aliphatic heterocycles. The van der Waals surface area contributed by atoms with Crippen LogP contribution < -0.4 is 20.2 Å². The van der Waals surface area contributed by atoms with Crippen molar-refractivity contribution in [2.45, 2.75) is 57.4 Å². The van der Waals surface area contributed by atoms with E-state index in [9.17, 15) is 9.59 Å². The zero-order valence-corrected chi connectivity index (χ0v) is 17.8. The first-order valence-electron chi connectivity index (χ1n) is 10.8. The van der Waals surface area contributed by atoms with Crippen LogP contribution in [0, 0.1) is 17.8 Å². The van der Waals surface area contributed by atoms with Gasteiger partial charge in [-0.15, -0.1) is 0 Å². The number of rotatable bonds is 8. The molecular weight excluding hydrogens is 382 g/mol. The minimum Gasteiger partial charge on any atom is -0.497 e. The van der Waals surface area contributed by atoms with Gasteiger partial charge in [-0.3, -0.25) is 9.59 Å². The second-order valence-electron chi connectivity index (χ2n) is 9.27. The normalized spacial score (nSPS) is 29.4. The zero-order chi connectivity index (χ0) is 21.1. The van der Waals surface area contributed by atoms with Gasteiger partial charge < -0.3 is 14.8 Å². The van der Waals surface area contributed by atoms with Crippen molar-refractivity contribution in [1.29, 1.82) is 0 Å². The summed E-state index contributed by atoms with van der Waals surface area (Å²) in [5.41, 5.74) is 3.04. The monoisotopic (exact) mass is 413 g/mol. The molecule has 4 fully saturated rings. The van der Waals surface area contributed by atoms with Crippen LogP contribution in [0.5, 0.6) is 11.5 Å². The lowest BCUT2D eigenvalue weighted by Crippen LogP contribution is -2.60. The van der Waals surface area contributed by atoms with E-state index in [-0.39, 0.29) is 30.4 Å². The summed E-state index contributed by atoms with van der Waals surface area (Å²) in [5, 5.41) is 7.39. The Labute approximate surface area is 177 Å². The van der Waals surface area contributed by atoms with Gasteiger partial charge >= 0.3 is 0 Å². The molecule has 2 N–H and O–H groups in total. The van der Waals surface area contributed by atoms with E-state index in [1.54, 1.807) is 38.3 Å². The topological polar surface area (TPSA) is 89.0 Å². The van der Waals surface area contributed by atoms with Gasteiger partial charge in [0.05, 0.1) is 13.5 Å². The maximum Gasteiger partial charge on any atom is 0.277 e. The van der Waals surface area contributed by atoms with Crippen LogP contribution in [0.25, 0.3) is 0 Å². The predicted octanol–water partition coefficient (Wildman–Crippen LogP) is 3.04. The average molecular weight is 414 g/mol. The molecule has 30 heavy (non-hydrogen) atoms. The van der Waals surface area contributed by atoms with Crippen molar-refractivity contribution in [3.8, 4) is 11.5 Å². The Hall–Kier alpha value is -2.57. The largest absolute Gasteiger partial charge is 0.497 e. The molecule has 4 aliphatic rings. The number of nitrogens with one attached hydrogen (secondary N) is 2. The summed E-state index contributed by atoms with van der Waals surface area (Å²) in [7, 11) is 1.59. The summed E-state index contributed by atoms with van der Waals surface area (Å²) in [6.45, 7) is 1.60. The molecule has 1 aromatic carbocycles. The van der Waals surface area contributed by atoms with E-state index in [0.717, 1.165) is 42.8 Å². The SMILES string of the molecule is COc1ccc(OCC(=O)N/N=C(/C)CC(=O)NC23CC4CC(CC(C4)C2)C3)cc1. The minimum atomic E-state index is -0.369. The predicted molar refractivity (Wildman–Crippen MR) is 113 cm³/mol. The molecule has 0 heterocycles. The van der Waals surface area contributed by atoms with Crippen molar-refractivity contribution in [1.82, 2.24) is 10.7 Å². The second kappa shape index (κ2) is 8.66. The standard InChI is InChI=1S/C23H31N3O4/c1-15(25-26-22(28)14-30-20-5-3-19(29-2)4-6-20)7-21(27)24-23-11-16-8-17(12-23)10-18(9-16)13-23/h3-6,16-18H,7-14H2,1-2H3,(H,24,27)(H,26,28)/b25-15-. The average Bonchev–Trinajstić information content (AvgIpc) is 2.69. The lowest BCUT2D eigenvalue weighted by Gasteiger charge is -2.56. The quantitative estimate of drug-likeness (QED) is 0.506. The molecule has 0 spiro atoms. The number of carbonyl (C=O) groups excluding carboxylic acids is 2. The highest BCUT2D eigenvalue weighted by molar-refractivity contribution is 6.00. The first-order valence-corrected chi connectivity index (χ1v) is 10.8. The van der Waals surface area contributed by atoms with Crippen molar-refractivity contribution in [3.63, 3.8) is 0 Å². The van der Waals surface area contributed by atoms with E-state index in [1.807, 2.05) is 0 Å². The molecule has 0 radical (unpaired) electrons. The molecule has 0 atom stereocenters. The molecule has 4 aliphatic carbocycles. The minimum absolute atomic E-state index is 0.00155. The Bertz CT molecular complexity index is 783. The summed E-state index contributed by atoms with van der Waals surface area (Å²) >= 11 is 0. The number of hydrogen-bond donors (Lipinski definition) is 2. The summed E-state index contributed by atoms with van der Waals surface area (Å²) in [6, 6.07) is 6.99. The second-order valence-corrected chi connectivity index (χ2v) is 9.27. The molecule has 0 saturated heterocycles. The molecule has 7 heteroatoms. The molecule has 5 rings (SSSR count). The highest BCUT2D eigenvalue weighted by atomic mass is 16.5. The number of carbonyl (C=O) groups is 2. The molecule has 1 aromatic rings. The summed E-state index contributed by atoms with van der Waals surface area (Å²) < 4.78 is 10.5. The molecular formula is C23H31N3O4. The molecule has 0 unspecified atom stereocenters. The highest BCUT2D eigenvalue weighted by Gasteiger charge is 2.51. The summed E-state index contributed by atoms with van der Waals surface area (Å²) in [5.74, 6) is 3.29. The van der Waals surface area contributed by atoms with Crippen LogP contribution in [-0.2, 0) is 9.59 Å². The van der Waals surface area contributed by atoms with Gasteiger partial charge in [-0.25, -0.2) is 5.43 Å². The van der Waals surface area contributed by atoms with E-state index in [2.05, 4.69) is 15.8 Å². The number of hydrazone groups is 1. The summed E-state index contributed by atoms with van der Waals surface area (Å²) in [4.78, 5) is 24.6. The Morgan fingerprint density at radius 1 is 1.00 bits per heavy atom. The molecule has 0 aromatic heterocycles. The lowest BCUT2D eigenvalue weighted by molar-refractivity contribution is -0.126. The van der Waals surface area contributed by atoms with Crippen LogP contribution in [0.3, 0.4) is 0 Å². The van der Waals surface area contributed by atoms with Crippen LogP contribution in [0.1, 0.15) is 51.9 Å².